The van der Waals surface area contributed by atoms with Crippen LogP contribution in [0.1, 0.15) is 11.1 Å². The Morgan fingerprint density at radius 1 is 1.18 bits per heavy atom. The van der Waals surface area contributed by atoms with Crippen molar-refractivity contribution < 1.29 is 9.59 Å². The van der Waals surface area contributed by atoms with Crippen LogP contribution in [-0.2, 0) is 0 Å². The lowest BCUT2D eigenvalue weighted by atomic mass is 10.1. The van der Waals surface area contributed by atoms with Gasteiger partial charge in [-0.25, -0.2) is 9.59 Å². The zero-order valence-electron chi connectivity index (χ0n) is 9.46. The molecule has 0 saturated heterocycles. The molecule has 0 aliphatic heterocycles. The number of hydrogen-bond donors (Lipinski definition) is 2. The Balaban J connectivity index is 0.000000304. The number of azo groups is 1. The van der Waals surface area contributed by atoms with E-state index in [1.54, 1.807) is 0 Å². The molecule has 0 unspecified atom stereocenters. The maximum atomic E-state index is 9.66. The van der Waals surface area contributed by atoms with E-state index in [2.05, 4.69) is 47.3 Å². The lowest BCUT2D eigenvalue weighted by Gasteiger charge is -1.95. The molecule has 6 heteroatoms. The summed E-state index contributed by atoms with van der Waals surface area (Å²) in [5.41, 5.74) is 11.4. The molecular weight excluding hydrogens is 220 g/mol. The highest BCUT2D eigenvalue weighted by Gasteiger charge is 1.87. The van der Waals surface area contributed by atoms with Gasteiger partial charge in [0, 0.05) is 0 Å². The third-order valence-electron chi connectivity index (χ3n) is 1.66. The Labute approximate surface area is 99.0 Å². The van der Waals surface area contributed by atoms with Gasteiger partial charge in [-0.1, -0.05) is 47.1 Å². The highest BCUT2D eigenvalue weighted by atomic mass is 16.2. The minimum atomic E-state index is -1.04. The molecule has 0 heterocycles. The van der Waals surface area contributed by atoms with E-state index in [9.17, 15) is 9.59 Å². The maximum absolute atomic E-state index is 9.66. The van der Waals surface area contributed by atoms with Crippen LogP contribution in [0.4, 0.5) is 9.59 Å². The van der Waals surface area contributed by atoms with Crippen molar-refractivity contribution in [2.75, 3.05) is 0 Å². The number of carbonyl (C=O) groups is 2. The standard InChI is InChI=1S/C9H10.C2H4N4O2/c1-3-9-7-5-4-6-8(9)2;3-1(7)5-6-2(4)8/h3-7H,1H2,2H3;(H2,3,7)(H2,4,8). The Morgan fingerprint density at radius 2 is 1.65 bits per heavy atom. The summed E-state index contributed by atoms with van der Waals surface area (Å²) in [6.45, 7) is 5.77. The fourth-order valence-corrected chi connectivity index (χ4v) is 0.914. The number of carbonyl (C=O) groups excluding carboxylic acids is 2. The SMILES string of the molecule is C=Cc1ccccc1C.NC(=O)N=NC(N)=O. The molecule has 17 heavy (non-hydrogen) atoms. The van der Waals surface area contributed by atoms with E-state index >= 15 is 0 Å². The van der Waals surface area contributed by atoms with Crippen molar-refractivity contribution in [3.05, 3.63) is 42.0 Å². The minimum absolute atomic E-state index is 1.04. The first-order valence-corrected chi connectivity index (χ1v) is 4.66. The Kier molecular flexibility index (Phi) is 6.61. The van der Waals surface area contributed by atoms with Crippen LogP contribution in [0.2, 0.25) is 0 Å². The topological polar surface area (TPSA) is 111 Å². The van der Waals surface area contributed by atoms with Crippen molar-refractivity contribution in [3.8, 4) is 0 Å². The minimum Gasteiger partial charge on any atom is -0.348 e. The summed E-state index contributed by atoms with van der Waals surface area (Å²) >= 11 is 0. The second-order valence-corrected chi connectivity index (χ2v) is 2.94. The number of primary amides is 2. The highest BCUT2D eigenvalue weighted by molar-refractivity contribution is 5.77. The Morgan fingerprint density at radius 3 is 1.94 bits per heavy atom. The number of aryl methyl sites for hydroxylation is 1. The van der Waals surface area contributed by atoms with E-state index in [-0.39, 0.29) is 0 Å². The first kappa shape index (κ1) is 14.5. The molecule has 6 nitrogen and oxygen atoms in total. The largest absolute Gasteiger partial charge is 0.357 e. The van der Waals surface area contributed by atoms with Gasteiger partial charge in [-0.05, 0) is 18.1 Å². The predicted molar refractivity (Wildman–Crippen MR) is 65.3 cm³/mol. The van der Waals surface area contributed by atoms with E-state index in [1.807, 2.05) is 18.2 Å². The van der Waals surface area contributed by atoms with Crippen LogP contribution in [0.3, 0.4) is 0 Å². The fraction of sp³-hybridized carbons (Fsp3) is 0.0909. The number of rotatable bonds is 1. The van der Waals surface area contributed by atoms with Gasteiger partial charge in [0.25, 0.3) is 0 Å². The first-order chi connectivity index (χ1) is 7.97. The molecule has 0 fully saturated rings. The van der Waals surface area contributed by atoms with Crippen LogP contribution >= 0.6 is 0 Å². The van der Waals surface area contributed by atoms with Crippen LogP contribution in [0.25, 0.3) is 6.08 Å². The van der Waals surface area contributed by atoms with Gasteiger partial charge in [0.05, 0.1) is 0 Å². The summed E-state index contributed by atoms with van der Waals surface area (Å²) in [4.78, 5) is 19.3. The third-order valence-corrected chi connectivity index (χ3v) is 1.66. The van der Waals surface area contributed by atoms with E-state index in [1.165, 1.54) is 11.1 Å². The molecule has 0 aliphatic carbocycles. The number of amides is 4. The molecule has 0 saturated carbocycles. The lowest BCUT2D eigenvalue weighted by Crippen LogP contribution is -2.07. The van der Waals surface area contributed by atoms with E-state index < -0.39 is 12.1 Å². The van der Waals surface area contributed by atoms with E-state index in [4.69, 9.17) is 0 Å². The van der Waals surface area contributed by atoms with Gasteiger partial charge in [-0.3, -0.25) is 0 Å². The molecule has 0 aromatic heterocycles. The van der Waals surface area contributed by atoms with Gasteiger partial charge >= 0.3 is 12.1 Å². The van der Waals surface area contributed by atoms with Crippen LogP contribution in [0.5, 0.6) is 0 Å². The summed E-state index contributed by atoms with van der Waals surface area (Å²) in [6, 6.07) is 6.11. The van der Waals surface area contributed by atoms with Crippen LogP contribution in [0, 0.1) is 6.92 Å². The smallest absolute Gasteiger partial charge is 0.348 e. The molecule has 0 atom stereocenters. The van der Waals surface area contributed by atoms with Crippen molar-refractivity contribution in [1.29, 1.82) is 0 Å². The average molecular weight is 234 g/mol. The number of urea groups is 2. The van der Waals surface area contributed by atoms with E-state index in [0.717, 1.165) is 0 Å². The van der Waals surface area contributed by atoms with Gasteiger partial charge in [0.1, 0.15) is 0 Å². The van der Waals surface area contributed by atoms with Crippen molar-refractivity contribution in [2.24, 2.45) is 21.7 Å². The third kappa shape index (κ3) is 7.43. The van der Waals surface area contributed by atoms with Gasteiger partial charge in [0.15, 0.2) is 0 Å². The van der Waals surface area contributed by atoms with Crippen molar-refractivity contribution in [3.63, 3.8) is 0 Å². The average Bonchev–Trinajstić information content (AvgIpc) is 2.28. The van der Waals surface area contributed by atoms with Crippen molar-refractivity contribution in [2.45, 2.75) is 6.92 Å². The first-order valence-electron chi connectivity index (χ1n) is 4.66. The van der Waals surface area contributed by atoms with Gasteiger partial charge in [-0.2, -0.15) is 0 Å². The number of hydrogen-bond acceptors (Lipinski definition) is 2. The number of benzene rings is 1. The number of nitrogens with zero attached hydrogens (tertiary/aromatic N) is 2. The van der Waals surface area contributed by atoms with Crippen LogP contribution < -0.4 is 11.5 Å². The maximum Gasteiger partial charge on any atom is 0.357 e. The normalized spacial score (nSPS) is 9.24. The molecule has 1 aromatic carbocycles. The lowest BCUT2D eigenvalue weighted by molar-refractivity contribution is 0.249. The summed E-state index contributed by atoms with van der Waals surface area (Å²) in [5, 5.41) is 5.23. The molecule has 90 valence electrons. The summed E-state index contributed by atoms with van der Waals surface area (Å²) in [7, 11) is 0. The second kappa shape index (κ2) is 7.75. The summed E-state index contributed by atoms with van der Waals surface area (Å²) < 4.78 is 0. The molecule has 4 N–H and O–H groups in total. The van der Waals surface area contributed by atoms with Gasteiger partial charge in [0.2, 0.25) is 0 Å². The quantitative estimate of drug-likeness (QED) is 0.726. The number of nitrogens with two attached hydrogens (primary N) is 2. The highest BCUT2D eigenvalue weighted by Crippen LogP contribution is 2.06. The van der Waals surface area contributed by atoms with Crippen LogP contribution in [0.15, 0.2) is 41.1 Å². The van der Waals surface area contributed by atoms with E-state index in [0.29, 0.717) is 0 Å². The zero-order chi connectivity index (χ0) is 13.3. The van der Waals surface area contributed by atoms with Gasteiger partial charge < -0.3 is 11.5 Å². The molecule has 1 aromatic rings. The fourth-order valence-electron chi connectivity index (χ4n) is 0.914. The molecule has 0 radical (unpaired) electrons. The predicted octanol–water partition coefficient (Wildman–Crippen LogP) is 2.23. The van der Waals surface area contributed by atoms with Crippen molar-refractivity contribution in [1.82, 2.24) is 0 Å². The molecular formula is C11H14N4O2. The zero-order valence-corrected chi connectivity index (χ0v) is 9.46. The second-order valence-electron chi connectivity index (χ2n) is 2.94. The molecule has 1 rings (SSSR count). The molecule has 0 bridgehead atoms. The summed E-state index contributed by atoms with van der Waals surface area (Å²) in [5.74, 6) is 0. The van der Waals surface area contributed by atoms with Gasteiger partial charge in [-0.15, -0.1) is 0 Å². The molecule has 0 spiro atoms. The van der Waals surface area contributed by atoms with Crippen LogP contribution in [-0.4, -0.2) is 12.1 Å². The monoisotopic (exact) mass is 234 g/mol. The van der Waals surface area contributed by atoms with Crippen molar-refractivity contribution >= 4 is 18.1 Å². The summed E-state index contributed by atoms with van der Waals surface area (Å²) in [6.07, 6.45) is 1.87. The molecule has 4 amide bonds. The molecule has 0 aliphatic rings. The Bertz CT molecular complexity index is 425. The Hall–Kier alpha value is -2.50.